The number of carbonyl (C=O) groups excluding carboxylic acids is 1. The maximum Gasteiger partial charge on any atom is 0.234 e. The molecule has 2 aliphatic heterocycles. The SMILES string of the molecule is CC(C)(C)NC(=O)CN1CCC(CNC2CCCC2C2COCCN2)CC1.Cl. The van der Waals surface area contributed by atoms with Crippen molar-refractivity contribution in [3.8, 4) is 0 Å². The van der Waals surface area contributed by atoms with Gasteiger partial charge in [-0.25, -0.2) is 0 Å². The van der Waals surface area contributed by atoms with Crippen molar-refractivity contribution in [2.45, 2.75) is 70.5 Å². The van der Waals surface area contributed by atoms with E-state index >= 15 is 0 Å². The quantitative estimate of drug-likeness (QED) is 0.616. The van der Waals surface area contributed by atoms with Gasteiger partial charge in [-0.1, -0.05) is 6.42 Å². The van der Waals surface area contributed by atoms with Crippen molar-refractivity contribution >= 4 is 18.3 Å². The maximum absolute atomic E-state index is 12.1. The van der Waals surface area contributed by atoms with Crippen molar-refractivity contribution in [2.24, 2.45) is 11.8 Å². The summed E-state index contributed by atoms with van der Waals surface area (Å²) in [5.74, 6) is 1.60. The molecule has 7 heteroatoms. The summed E-state index contributed by atoms with van der Waals surface area (Å²) < 4.78 is 5.68. The fourth-order valence-corrected chi connectivity index (χ4v) is 4.91. The molecule has 3 unspecified atom stereocenters. The van der Waals surface area contributed by atoms with Crippen molar-refractivity contribution in [2.75, 3.05) is 45.9 Å². The Labute approximate surface area is 177 Å². The highest BCUT2D eigenvalue weighted by molar-refractivity contribution is 5.85. The van der Waals surface area contributed by atoms with Gasteiger partial charge in [-0.15, -0.1) is 12.4 Å². The summed E-state index contributed by atoms with van der Waals surface area (Å²) in [7, 11) is 0. The van der Waals surface area contributed by atoms with Crippen LogP contribution in [-0.2, 0) is 9.53 Å². The second kappa shape index (κ2) is 11.1. The first-order chi connectivity index (χ1) is 12.9. The first kappa shape index (κ1) is 23.9. The Bertz CT molecular complexity index is 472. The highest BCUT2D eigenvalue weighted by Crippen LogP contribution is 2.30. The van der Waals surface area contributed by atoms with Gasteiger partial charge in [-0.3, -0.25) is 9.69 Å². The van der Waals surface area contributed by atoms with Crippen molar-refractivity contribution in [1.29, 1.82) is 0 Å². The van der Waals surface area contributed by atoms with Gasteiger partial charge in [0.05, 0.1) is 19.8 Å². The van der Waals surface area contributed by atoms with Crippen molar-refractivity contribution in [1.82, 2.24) is 20.9 Å². The largest absolute Gasteiger partial charge is 0.379 e. The highest BCUT2D eigenvalue weighted by Gasteiger charge is 2.35. The topological polar surface area (TPSA) is 65.6 Å². The second-order valence-electron chi connectivity index (χ2n) is 9.76. The number of hydrogen-bond acceptors (Lipinski definition) is 5. The maximum atomic E-state index is 12.1. The Morgan fingerprint density at radius 1 is 1.18 bits per heavy atom. The minimum atomic E-state index is -0.143. The molecular weight excluding hydrogens is 376 g/mol. The summed E-state index contributed by atoms with van der Waals surface area (Å²) in [4.78, 5) is 14.4. The van der Waals surface area contributed by atoms with E-state index in [9.17, 15) is 4.79 Å². The Kier molecular flexibility index (Phi) is 9.48. The van der Waals surface area contributed by atoms with Crippen molar-refractivity contribution < 1.29 is 9.53 Å². The predicted molar refractivity (Wildman–Crippen MR) is 116 cm³/mol. The molecule has 3 N–H and O–H groups in total. The summed E-state index contributed by atoms with van der Waals surface area (Å²) in [6, 6.07) is 1.17. The number of hydrogen-bond donors (Lipinski definition) is 3. The molecule has 164 valence electrons. The first-order valence-electron chi connectivity index (χ1n) is 11.0. The number of morpholine rings is 1. The summed E-state index contributed by atoms with van der Waals surface area (Å²) in [5, 5.41) is 10.6. The summed E-state index contributed by atoms with van der Waals surface area (Å²) in [6.45, 7) is 12.6. The number of halogens is 1. The van der Waals surface area contributed by atoms with Crippen LogP contribution in [0.25, 0.3) is 0 Å². The summed E-state index contributed by atoms with van der Waals surface area (Å²) >= 11 is 0. The monoisotopic (exact) mass is 416 g/mol. The molecule has 0 radical (unpaired) electrons. The predicted octanol–water partition coefficient (Wildman–Crippen LogP) is 1.78. The molecule has 1 saturated carbocycles. The average molecular weight is 417 g/mol. The third-order valence-electron chi connectivity index (χ3n) is 6.29. The Morgan fingerprint density at radius 2 is 1.93 bits per heavy atom. The van der Waals surface area contributed by atoms with E-state index < -0.39 is 0 Å². The van der Waals surface area contributed by atoms with Gasteiger partial charge in [-0.2, -0.15) is 0 Å². The number of amides is 1. The fourth-order valence-electron chi connectivity index (χ4n) is 4.91. The minimum absolute atomic E-state index is 0. The molecule has 3 aliphatic rings. The van der Waals surface area contributed by atoms with E-state index in [0.717, 1.165) is 45.3 Å². The molecule has 3 fully saturated rings. The van der Waals surface area contributed by atoms with Crippen LogP contribution in [0, 0.1) is 11.8 Å². The van der Waals surface area contributed by atoms with Gasteiger partial charge < -0.3 is 20.7 Å². The number of carbonyl (C=O) groups is 1. The minimum Gasteiger partial charge on any atom is -0.379 e. The molecule has 1 aliphatic carbocycles. The summed E-state index contributed by atoms with van der Waals surface area (Å²) in [6.07, 6.45) is 6.34. The molecule has 3 rings (SSSR count). The molecule has 1 amide bonds. The molecule has 0 aromatic rings. The lowest BCUT2D eigenvalue weighted by atomic mass is 9.92. The zero-order chi connectivity index (χ0) is 19.3. The number of piperidine rings is 1. The first-order valence-corrected chi connectivity index (χ1v) is 11.0. The van der Waals surface area contributed by atoms with E-state index in [1.807, 2.05) is 20.8 Å². The number of rotatable bonds is 6. The van der Waals surface area contributed by atoms with E-state index in [0.29, 0.717) is 24.5 Å². The zero-order valence-corrected chi connectivity index (χ0v) is 18.8. The Hall–Kier alpha value is -0.400. The van der Waals surface area contributed by atoms with Gasteiger partial charge in [-0.05, 0) is 77.9 Å². The number of ether oxygens (including phenoxy) is 1. The van der Waals surface area contributed by atoms with Gasteiger partial charge in [0.2, 0.25) is 5.91 Å². The third kappa shape index (κ3) is 7.45. The molecular formula is C21H41ClN4O2. The molecule has 6 nitrogen and oxygen atoms in total. The van der Waals surface area contributed by atoms with E-state index in [2.05, 4.69) is 20.9 Å². The molecule has 2 saturated heterocycles. The van der Waals surface area contributed by atoms with Gasteiger partial charge in [0.15, 0.2) is 0 Å². The van der Waals surface area contributed by atoms with E-state index in [1.54, 1.807) is 0 Å². The standard InChI is InChI=1S/C21H40N4O2.ClH/c1-21(2,3)24-20(26)14-25-10-7-16(8-11-25)13-23-18-6-4-5-17(18)19-15-27-12-9-22-19;/h16-19,22-23H,4-15H2,1-3H3,(H,24,26);1H. The van der Waals surface area contributed by atoms with Crippen molar-refractivity contribution in [3.63, 3.8) is 0 Å². The lowest BCUT2D eigenvalue weighted by Crippen LogP contribution is -2.52. The van der Waals surface area contributed by atoms with Gasteiger partial charge in [0.1, 0.15) is 0 Å². The van der Waals surface area contributed by atoms with Gasteiger partial charge >= 0.3 is 0 Å². The normalized spacial score (nSPS) is 30.0. The van der Waals surface area contributed by atoms with Crippen LogP contribution in [0.4, 0.5) is 0 Å². The molecule has 0 spiro atoms. The zero-order valence-electron chi connectivity index (χ0n) is 18.0. The van der Waals surface area contributed by atoms with E-state index in [1.165, 1.54) is 32.1 Å². The van der Waals surface area contributed by atoms with Crippen LogP contribution in [0.1, 0.15) is 52.9 Å². The molecule has 28 heavy (non-hydrogen) atoms. The van der Waals surface area contributed by atoms with Gasteiger partial charge in [0.25, 0.3) is 0 Å². The van der Waals surface area contributed by atoms with Crippen LogP contribution in [0.2, 0.25) is 0 Å². The smallest absolute Gasteiger partial charge is 0.234 e. The van der Waals surface area contributed by atoms with Crippen LogP contribution >= 0.6 is 12.4 Å². The summed E-state index contributed by atoms with van der Waals surface area (Å²) in [5.41, 5.74) is -0.143. The molecule has 2 heterocycles. The van der Waals surface area contributed by atoms with Crippen LogP contribution in [0.3, 0.4) is 0 Å². The molecule has 0 aromatic carbocycles. The lowest BCUT2D eigenvalue weighted by molar-refractivity contribution is -0.124. The van der Waals surface area contributed by atoms with Crippen LogP contribution in [0.15, 0.2) is 0 Å². The number of nitrogens with zero attached hydrogens (tertiary/aromatic N) is 1. The van der Waals surface area contributed by atoms with Crippen LogP contribution in [-0.4, -0.2) is 74.4 Å². The number of likely N-dealkylation sites (tertiary alicyclic amines) is 1. The number of nitrogens with one attached hydrogen (secondary N) is 3. The van der Waals surface area contributed by atoms with E-state index in [4.69, 9.17) is 4.74 Å². The second-order valence-corrected chi connectivity index (χ2v) is 9.76. The van der Waals surface area contributed by atoms with Gasteiger partial charge in [0, 0.05) is 24.2 Å². The van der Waals surface area contributed by atoms with Crippen LogP contribution < -0.4 is 16.0 Å². The highest BCUT2D eigenvalue weighted by atomic mass is 35.5. The van der Waals surface area contributed by atoms with E-state index in [-0.39, 0.29) is 23.9 Å². The lowest BCUT2D eigenvalue weighted by Gasteiger charge is -2.35. The average Bonchev–Trinajstić information content (AvgIpc) is 3.09. The third-order valence-corrected chi connectivity index (χ3v) is 6.29. The van der Waals surface area contributed by atoms with Crippen LogP contribution in [0.5, 0.6) is 0 Å². The Balaban J connectivity index is 0.00000280. The van der Waals surface area contributed by atoms with Crippen molar-refractivity contribution in [3.05, 3.63) is 0 Å². The molecule has 0 bridgehead atoms. The fraction of sp³-hybridized carbons (Fsp3) is 0.952. The molecule has 0 aromatic heterocycles. The Morgan fingerprint density at radius 3 is 2.57 bits per heavy atom. The molecule has 3 atom stereocenters.